The average molecular weight is 353 g/mol. The minimum Gasteiger partial charge on any atom is -0.390 e. The van der Waals surface area contributed by atoms with Gasteiger partial charge in [0.25, 0.3) is 0 Å². The Labute approximate surface area is 158 Å². The summed E-state index contributed by atoms with van der Waals surface area (Å²) in [6, 6.07) is 22.0. The van der Waals surface area contributed by atoms with E-state index in [1.165, 1.54) is 11.1 Å². The Balaban J connectivity index is 1.66. The molecule has 3 heteroatoms. The van der Waals surface area contributed by atoms with Crippen LogP contribution >= 0.6 is 0 Å². The van der Waals surface area contributed by atoms with Crippen molar-refractivity contribution in [3.05, 3.63) is 71.8 Å². The third kappa shape index (κ3) is 4.53. The second kappa shape index (κ2) is 8.81. The standard InChI is InChI=1S/C23H32N2O/c1-18(2)25(17-20-12-8-5-9-13-20)22-15-14-21(23(22)26)24(3)16-19-10-6-4-7-11-19/h4-13,18,21-23,26H,14-17H2,1-3H3/t21-,22-,23-/m1/s1. The molecule has 0 aromatic heterocycles. The summed E-state index contributed by atoms with van der Waals surface area (Å²) in [6.07, 6.45) is 1.79. The summed E-state index contributed by atoms with van der Waals surface area (Å²) in [5, 5.41) is 11.1. The van der Waals surface area contributed by atoms with Crippen LogP contribution in [-0.2, 0) is 13.1 Å². The Kier molecular flexibility index (Phi) is 6.47. The number of nitrogens with zero attached hydrogens (tertiary/aromatic N) is 2. The number of aliphatic hydroxyl groups excluding tert-OH is 1. The van der Waals surface area contributed by atoms with Crippen LogP contribution < -0.4 is 0 Å². The first-order valence-corrected chi connectivity index (χ1v) is 9.78. The highest BCUT2D eigenvalue weighted by Crippen LogP contribution is 2.31. The molecule has 1 saturated carbocycles. The Hall–Kier alpha value is -1.68. The van der Waals surface area contributed by atoms with E-state index in [-0.39, 0.29) is 18.2 Å². The van der Waals surface area contributed by atoms with Gasteiger partial charge in [0.15, 0.2) is 0 Å². The molecule has 0 radical (unpaired) electrons. The van der Waals surface area contributed by atoms with Gasteiger partial charge in [-0.15, -0.1) is 0 Å². The molecule has 26 heavy (non-hydrogen) atoms. The second-order valence-electron chi connectivity index (χ2n) is 7.86. The lowest BCUT2D eigenvalue weighted by Crippen LogP contribution is -2.49. The molecule has 0 heterocycles. The van der Waals surface area contributed by atoms with E-state index in [0.29, 0.717) is 6.04 Å². The van der Waals surface area contributed by atoms with Gasteiger partial charge in [0.1, 0.15) is 0 Å². The number of aliphatic hydroxyl groups is 1. The summed E-state index contributed by atoms with van der Waals surface area (Å²) in [5.74, 6) is 0. The maximum atomic E-state index is 11.1. The van der Waals surface area contributed by atoms with Crippen LogP contribution in [0.2, 0.25) is 0 Å². The van der Waals surface area contributed by atoms with Crippen LogP contribution in [0.4, 0.5) is 0 Å². The van der Waals surface area contributed by atoms with Crippen LogP contribution in [0.25, 0.3) is 0 Å². The van der Waals surface area contributed by atoms with Gasteiger partial charge in [-0.1, -0.05) is 60.7 Å². The molecule has 0 aliphatic heterocycles. The normalized spacial score (nSPS) is 23.3. The van der Waals surface area contributed by atoms with E-state index in [9.17, 15) is 5.11 Å². The zero-order chi connectivity index (χ0) is 18.5. The fraction of sp³-hybridized carbons (Fsp3) is 0.478. The van der Waals surface area contributed by atoms with Crippen molar-refractivity contribution in [3.8, 4) is 0 Å². The lowest BCUT2D eigenvalue weighted by Gasteiger charge is -2.37. The maximum absolute atomic E-state index is 11.1. The SMILES string of the molecule is CC(C)N(Cc1ccccc1)[C@@H]1CC[C@@H](N(C)Cc2ccccc2)[C@H]1O. The van der Waals surface area contributed by atoms with Crippen molar-refractivity contribution >= 4 is 0 Å². The molecule has 0 spiro atoms. The van der Waals surface area contributed by atoms with Gasteiger partial charge in [0.05, 0.1) is 6.10 Å². The van der Waals surface area contributed by atoms with Gasteiger partial charge in [-0.25, -0.2) is 0 Å². The van der Waals surface area contributed by atoms with Crippen LogP contribution in [0.3, 0.4) is 0 Å². The molecule has 1 N–H and O–H groups in total. The minimum atomic E-state index is -0.310. The minimum absolute atomic E-state index is 0.220. The first-order chi connectivity index (χ1) is 12.6. The fourth-order valence-corrected chi connectivity index (χ4v) is 4.25. The highest BCUT2D eigenvalue weighted by Gasteiger charge is 2.40. The van der Waals surface area contributed by atoms with E-state index in [1.54, 1.807) is 0 Å². The van der Waals surface area contributed by atoms with Crippen LogP contribution in [0, 0.1) is 0 Å². The van der Waals surface area contributed by atoms with E-state index in [4.69, 9.17) is 0 Å². The van der Waals surface area contributed by atoms with Crippen molar-refractivity contribution in [2.45, 2.75) is 64.0 Å². The van der Waals surface area contributed by atoms with E-state index >= 15 is 0 Å². The number of hydrogen-bond donors (Lipinski definition) is 1. The summed E-state index contributed by atoms with van der Waals surface area (Å²) in [4.78, 5) is 4.79. The van der Waals surface area contributed by atoms with Gasteiger partial charge >= 0.3 is 0 Å². The van der Waals surface area contributed by atoms with E-state index in [0.717, 1.165) is 25.9 Å². The lowest BCUT2D eigenvalue weighted by atomic mass is 10.1. The molecular weight excluding hydrogens is 320 g/mol. The van der Waals surface area contributed by atoms with Crippen LogP contribution in [0.1, 0.15) is 37.8 Å². The van der Waals surface area contributed by atoms with Gasteiger partial charge in [-0.05, 0) is 44.9 Å². The largest absolute Gasteiger partial charge is 0.390 e. The maximum Gasteiger partial charge on any atom is 0.0850 e. The Morgan fingerprint density at radius 3 is 1.88 bits per heavy atom. The second-order valence-corrected chi connectivity index (χ2v) is 7.86. The third-order valence-corrected chi connectivity index (χ3v) is 5.68. The van der Waals surface area contributed by atoms with Crippen LogP contribution in [-0.4, -0.2) is 46.2 Å². The average Bonchev–Trinajstić information content (AvgIpc) is 3.02. The molecule has 0 saturated heterocycles. The molecule has 1 aliphatic rings. The molecule has 0 amide bonds. The monoisotopic (exact) mass is 352 g/mol. The summed E-state index contributed by atoms with van der Waals surface area (Å²) >= 11 is 0. The van der Waals surface area contributed by atoms with Crippen molar-refractivity contribution in [2.75, 3.05) is 7.05 Å². The fourth-order valence-electron chi connectivity index (χ4n) is 4.25. The first kappa shape index (κ1) is 19.1. The molecule has 2 aromatic carbocycles. The number of hydrogen-bond acceptors (Lipinski definition) is 3. The van der Waals surface area contributed by atoms with Crippen molar-refractivity contribution in [3.63, 3.8) is 0 Å². The molecule has 1 aliphatic carbocycles. The van der Waals surface area contributed by atoms with Crippen molar-refractivity contribution in [1.29, 1.82) is 0 Å². The van der Waals surface area contributed by atoms with Crippen molar-refractivity contribution < 1.29 is 5.11 Å². The highest BCUT2D eigenvalue weighted by molar-refractivity contribution is 5.16. The molecule has 3 atom stereocenters. The molecule has 140 valence electrons. The Morgan fingerprint density at radius 1 is 0.846 bits per heavy atom. The van der Waals surface area contributed by atoms with Gasteiger partial charge in [-0.3, -0.25) is 9.80 Å². The Bertz CT molecular complexity index is 658. The Morgan fingerprint density at radius 2 is 1.35 bits per heavy atom. The summed E-state index contributed by atoms with van der Waals surface area (Å²) in [7, 11) is 2.14. The van der Waals surface area contributed by atoms with E-state index < -0.39 is 0 Å². The zero-order valence-electron chi connectivity index (χ0n) is 16.3. The summed E-state index contributed by atoms with van der Waals surface area (Å²) < 4.78 is 0. The van der Waals surface area contributed by atoms with Crippen molar-refractivity contribution in [2.24, 2.45) is 0 Å². The van der Waals surface area contributed by atoms with Gasteiger partial charge < -0.3 is 5.11 Å². The molecule has 1 fully saturated rings. The van der Waals surface area contributed by atoms with Crippen LogP contribution in [0.5, 0.6) is 0 Å². The van der Waals surface area contributed by atoms with Gasteiger partial charge in [0, 0.05) is 31.2 Å². The van der Waals surface area contributed by atoms with E-state index in [2.05, 4.69) is 85.3 Å². The highest BCUT2D eigenvalue weighted by atomic mass is 16.3. The zero-order valence-corrected chi connectivity index (χ0v) is 16.3. The smallest absolute Gasteiger partial charge is 0.0850 e. The number of rotatable bonds is 7. The number of benzene rings is 2. The number of likely N-dealkylation sites (N-methyl/N-ethyl adjacent to an activating group) is 1. The predicted molar refractivity (Wildman–Crippen MR) is 108 cm³/mol. The molecule has 0 bridgehead atoms. The summed E-state index contributed by atoms with van der Waals surface area (Å²) in [5.41, 5.74) is 2.62. The predicted octanol–water partition coefficient (Wildman–Crippen LogP) is 3.92. The first-order valence-electron chi connectivity index (χ1n) is 9.78. The molecule has 3 rings (SSSR count). The quantitative estimate of drug-likeness (QED) is 0.818. The van der Waals surface area contributed by atoms with E-state index in [1.807, 2.05) is 6.07 Å². The molecular formula is C23H32N2O. The third-order valence-electron chi connectivity index (χ3n) is 5.68. The van der Waals surface area contributed by atoms with Gasteiger partial charge in [-0.2, -0.15) is 0 Å². The molecule has 0 unspecified atom stereocenters. The summed E-state index contributed by atoms with van der Waals surface area (Å²) in [6.45, 7) is 6.25. The molecule has 3 nitrogen and oxygen atoms in total. The van der Waals surface area contributed by atoms with Gasteiger partial charge in [0.2, 0.25) is 0 Å². The van der Waals surface area contributed by atoms with Crippen molar-refractivity contribution in [1.82, 2.24) is 9.80 Å². The topological polar surface area (TPSA) is 26.7 Å². The molecule has 2 aromatic rings. The van der Waals surface area contributed by atoms with Crippen LogP contribution in [0.15, 0.2) is 60.7 Å². The lowest BCUT2D eigenvalue weighted by molar-refractivity contribution is 0.00961.